The molecule has 8 N–H and O–H groups in total. The molecule has 0 spiro atoms. The summed E-state index contributed by atoms with van der Waals surface area (Å²) in [7, 11) is 3.02. The predicted octanol–water partition coefficient (Wildman–Crippen LogP) is 2.45. The fraction of sp³-hybridized carbons (Fsp3) is 0.444. The van der Waals surface area contributed by atoms with E-state index in [0.29, 0.717) is 46.9 Å². The van der Waals surface area contributed by atoms with Crippen molar-refractivity contribution in [1.29, 1.82) is 0 Å². The SMILES string of the molecule is COc1cc(Cc2cnc(N)nc2N)cc(OC)c1OCC(=O)NCCCCCCCCNc1ccc2c(c1)C(O)N(C1CCC(=O)NC1=O)C2=O. The Morgan fingerprint density at radius 1 is 1.00 bits per heavy atom. The third-order valence-electron chi connectivity index (χ3n) is 9.04. The van der Waals surface area contributed by atoms with Crippen molar-refractivity contribution in [3.8, 4) is 17.2 Å². The maximum absolute atomic E-state index is 12.9. The van der Waals surface area contributed by atoms with Gasteiger partial charge in [0, 0.05) is 54.5 Å². The van der Waals surface area contributed by atoms with Gasteiger partial charge >= 0.3 is 0 Å². The van der Waals surface area contributed by atoms with Crippen LogP contribution in [0.1, 0.15) is 84.6 Å². The zero-order valence-electron chi connectivity index (χ0n) is 29.4. The van der Waals surface area contributed by atoms with Crippen LogP contribution in [0.4, 0.5) is 17.5 Å². The summed E-state index contributed by atoms with van der Waals surface area (Å²) in [5.74, 6) is -0.0940. The highest BCUT2D eigenvalue weighted by Crippen LogP contribution is 2.39. The largest absolute Gasteiger partial charge is 0.493 e. The molecule has 4 amide bonds. The van der Waals surface area contributed by atoms with E-state index in [2.05, 4.69) is 25.9 Å². The number of piperidine rings is 1. The molecule has 2 atom stereocenters. The number of unbranched alkanes of at least 4 members (excludes halogenated alkanes) is 5. The van der Waals surface area contributed by atoms with Crippen LogP contribution in [0.5, 0.6) is 17.2 Å². The van der Waals surface area contributed by atoms with Gasteiger partial charge in [-0.1, -0.05) is 25.7 Å². The van der Waals surface area contributed by atoms with E-state index in [-0.39, 0.29) is 43.0 Å². The first-order chi connectivity index (χ1) is 25.1. The molecule has 1 aromatic heterocycles. The van der Waals surface area contributed by atoms with E-state index in [1.807, 2.05) is 0 Å². The number of methoxy groups -OCH3 is 2. The second-order valence-electron chi connectivity index (χ2n) is 12.7. The van der Waals surface area contributed by atoms with Gasteiger partial charge in [0.1, 0.15) is 11.9 Å². The Hall–Kier alpha value is -5.64. The summed E-state index contributed by atoms with van der Waals surface area (Å²) in [6, 6.07) is 7.86. The van der Waals surface area contributed by atoms with Crippen LogP contribution in [0.15, 0.2) is 36.5 Å². The smallest absolute Gasteiger partial charge is 0.257 e. The van der Waals surface area contributed by atoms with E-state index >= 15 is 0 Å². The van der Waals surface area contributed by atoms with Crippen molar-refractivity contribution in [3.05, 3.63) is 58.8 Å². The second kappa shape index (κ2) is 17.5. The zero-order valence-corrected chi connectivity index (χ0v) is 29.4. The molecule has 3 heterocycles. The number of nitrogens with zero attached hydrogens (tertiary/aromatic N) is 3. The zero-order chi connectivity index (χ0) is 37.2. The minimum Gasteiger partial charge on any atom is -0.493 e. The fourth-order valence-electron chi connectivity index (χ4n) is 6.32. The molecule has 52 heavy (non-hydrogen) atoms. The van der Waals surface area contributed by atoms with E-state index < -0.39 is 24.1 Å². The maximum Gasteiger partial charge on any atom is 0.257 e. The number of amides is 4. The molecule has 0 aliphatic carbocycles. The number of ether oxygens (including phenoxy) is 3. The summed E-state index contributed by atoms with van der Waals surface area (Å²) >= 11 is 0. The van der Waals surface area contributed by atoms with Crippen LogP contribution >= 0.6 is 0 Å². The molecule has 2 aliphatic rings. The summed E-state index contributed by atoms with van der Waals surface area (Å²) in [5.41, 5.74) is 14.7. The van der Waals surface area contributed by atoms with E-state index in [1.54, 1.807) is 36.5 Å². The monoisotopic (exact) mass is 718 g/mol. The highest BCUT2D eigenvalue weighted by atomic mass is 16.5. The van der Waals surface area contributed by atoms with E-state index in [0.717, 1.165) is 61.2 Å². The summed E-state index contributed by atoms with van der Waals surface area (Å²) in [5, 5.41) is 19.3. The molecule has 2 aromatic carbocycles. The Labute approximate surface area is 301 Å². The second-order valence-corrected chi connectivity index (χ2v) is 12.7. The number of nitrogen functional groups attached to an aromatic ring is 2. The van der Waals surface area contributed by atoms with Crippen molar-refractivity contribution in [2.75, 3.05) is 50.7 Å². The molecule has 1 fully saturated rings. The number of benzene rings is 2. The highest BCUT2D eigenvalue weighted by Gasteiger charge is 2.44. The fourth-order valence-corrected chi connectivity index (χ4v) is 6.32. The molecule has 2 unspecified atom stereocenters. The van der Waals surface area contributed by atoms with Crippen molar-refractivity contribution in [2.24, 2.45) is 0 Å². The van der Waals surface area contributed by atoms with Crippen LogP contribution < -0.4 is 41.6 Å². The first-order valence-electron chi connectivity index (χ1n) is 17.3. The maximum atomic E-state index is 12.9. The number of aromatic nitrogens is 2. The molecular formula is C36H46N8O8. The van der Waals surface area contributed by atoms with Gasteiger partial charge in [0.2, 0.25) is 23.5 Å². The summed E-state index contributed by atoms with van der Waals surface area (Å²) in [6.07, 6.45) is 6.89. The predicted molar refractivity (Wildman–Crippen MR) is 192 cm³/mol. The Morgan fingerprint density at radius 3 is 2.37 bits per heavy atom. The first-order valence-corrected chi connectivity index (χ1v) is 17.3. The average Bonchev–Trinajstić information content (AvgIpc) is 3.37. The normalized spacial score (nSPS) is 16.7. The molecule has 5 rings (SSSR count). The van der Waals surface area contributed by atoms with Gasteiger partial charge in [0.15, 0.2) is 24.3 Å². The lowest BCUT2D eigenvalue weighted by Gasteiger charge is -2.31. The number of hydrogen-bond acceptors (Lipinski definition) is 13. The van der Waals surface area contributed by atoms with Crippen LogP contribution in [0.2, 0.25) is 0 Å². The third-order valence-corrected chi connectivity index (χ3v) is 9.04. The Kier molecular flexibility index (Phi) is 12.7. The Morgan fingerprint density at radius 2 is 1.69 bits per heavy atom. The average molecular weight is 719 g/mol. The number of aliphatic hydroxyl groups excluding tert-OH is 1. The van der Waals surface area contributed by atoms with Crippen molar-refractivity contribution in [2.45, 2.75) is 70.1 Å². The quantitative estimate of drug-likeness (QED) is 0.0821. The summed E-state index contributed by atoms with van der Waals surface area (Å²) in [4.78, 5) is 58.4. The number of rotatable bonds is 18. The number of imide groups is 1. The molecule has 1 saturated heterocycles. The minimum absolute atomic E-state index is 0.0987. The number of aliphatic hydroxyl groups is 1. The van der Waals surface area contributed by atoms with Gasteiger partial charge in [0.05, 0.1) is 14.2 Å². The molecule has 3 aromatic rings. The molecule has 278 valence electrons. The number of carbonyl (C=O) groups is 4. The van der Waals surface area contributed by atoms with E-state index in [1.165, 1.54) is 14.2 Å². The number of anilines is 3. The molecule has 16 heteroatoms. The lowest BCUT2D eigenvalue weighted by Crippen LogP contribution is -2.53. The molecule has 16 nitrogen and oxygen atoms in total. The van der Waals surface area contributed by atoms with Gasteiger partial charge < -0.3 is 41.4 Å². The highest BCUT2D eigenvalue weighted by molar-refractivity contribution is 6.05. The summed E-state index contributed by atoms with van der Waals surface area (Å²) < 4.78 is 16.8. The molecule has 0 bridgehead atoms. The van der Waals surface area contributed by atoms with Crippen LogP contribution in [0.3, 0.4) is 0 Å². The van der Waals surface area contributed by atoms with Gasteiger partial charge in [0.25, 0.3) is 11.8 Å². The Balaban J connectivity index is 0.955. The number of nitrogens with two attached hydrogens (primary N) is 2. The lowest BCUT2D eigenvalue weighted by atomic mass is 10.0. The van der Waals surface area contributed by atoms with Gasteiger partial charge in [-0.2, -0.15) is 4.98 Å². The van der Waals surface area contributed by atoms with Gasteiger partial charge in [-0.25, -0.2) is 4.98 Å². The molecular weight excluding hydrogens is 672 g/mol. The van der Waals surface area contributed by atoms with E-state index in [4.69, 9.17) is 25.7 Å². The van der Waals surface area contributed by atoms with Crippen LogP contribution in [-0.2, 0) is 20.8 Å². The third kappa shape index (κ3) is 9.17. The van der Waals surface area contributed by atoms with Gasteiger partial charge in [-0.3, -0.25) is 29.4 Å². The minimum atomic E-state index is -1.25. The molecule has 0 radical (unpaired) electrons. The number of nitrogens with one attached hydrogen (secondary N) is 3. The number of hydrogen-bond donors (Lipinski definition) is 6. The topological polar surface area (TPSA) is 233 Å². The summed E-state index contributed by atoms with van der Waals surface area (Å²) in [6.45, 7) is 1.06. The number of fused-ring (bicyclic) bond motifs is 1. The lowest BCUT2D eigenvalue weighted by molar-refractivity contribution is -0.139. The molecule has 0 saturated carbocycles. The van der Waals surface area contributed by atoms with Crippen molar-refractivity contribution in [3.63, 3.8) is 0 Å². The Bertz CT molecular complexity index is 1760. The first kappa shape index (κ1) is 37.6. The standard InChI is InChI=1S/C36H46N8O8/c1-50-27-16-21(15-22-19-41-36(38)43-32(22)37)17-28(51-2)31(27)52-20-30(46)40-14-8-6-4-3-5-7-13-39-23-9-10-24-25(18-23)35(49)44(34(24)48)26-11-12-29(45)42-33(26)47/h9-10,16-19,26,35,39,49H,3-8,11-15,20H2,1-2H3,(H,40,46)(H,42,45,47)(H4,37,38,41,43). The van der Waals surface area contributed by atoms with Gasteiger partial charge in [-0.05, 0) is 55.2 Å². The van der Waals surface area contributed by atoms with Gasteiger partial charge in [-0.15, -0.1) is 0 Å². The van der Waals surface area contributed by atoms with Crippen LogP contribution in [0.25, 0.3) is 0 Å². The van der Waals surface area contributed by atoms with Crippen LogP contribution in [0, 0.1) is 0 Å². The molecule has 2 aliphatic heterocycles. The van der Waals surface area contributed by atoms with Crippen molar-refractivity contribution >= 4 is 41.1 Å². The van der Waals surface area contributed by atoms with E-state index in [9.17, 15) is 24.3 Å². The van der Waals surface area contributed by atoms with Crippen LogP contribution in [-0.4, -0.2) is 83.6 Å². The van der Waals surface area contributed by atoms with Crippen molar-refractivity contribution in [1.82, 2.24) is 25.5 Å². The number of carbonyl (C=O) groups excluding carboxylic acids is 4. The van der Waals surface area contributed by atoms with Crippen molar-refractivity contribution < 1.29 is 38.5 Å².